The van der Waals surface area contributed by atoms with E-state index in [9.17, 15) is 4.79 Å². The lowest BCUT2D eigenvalue weighted by molar-refractivity contribution is -0.165. The Morgan fingerprint density at radius 3 is 2.61 bits per heavy atom. The predicted molar refractivity (Wildman–Crippen MR) is 144 cm³/mol. The van der Waals surface area contributed by atoms with E-state index in [0.717, 1.165) is 32.1 Å². The van der Waals surface area contributed by atoms with Gasteiger partial charge in [-0.1, -0.05) is 30.9 Å². The van der Waals surface area contributed by atoms with Gasteiger partial charge >= 0.3 is 5.97 Å². The van der Waals surface area contributed by atoms with Gasteiger partial charge in [-0.15, -0.1) is 11.3 Å². The first kappa shape index (κ1) is 25.8. The summed E-state index contributed by atoms with van der Waals surface area (Å²) in [5.74, 6) is 5.74. The monoisotopic (exact) mass is 505 g/mol. The van der Waals surface area contributed by atoms with Gasteiger partial charge in [0, 0.05) is 27.0 Å². The summed E-state index contributed by atoms with van der Waals surface area (Å²) in [6.45, 7) is 9.39. The van der Waals surface area contributed by atoms with Crippen LogP contribution < -0.4 is 10.6 Å². The maximum absolute atomic E-state index is 12.8. The highest BCUT2D eigenvalue weighted by Crippen LogP contribution is 2.40. The van der Waals surface area contributed by atoms with Crippen LogP contribution in [-0.2, 0) is 14.3 Å². The van der Waals surface area contributed by atoms with Gasteiger partial charge in [-0.3, -0.25) is 25.5 Å². The molecule has 4 rings (SSSR count). The Morgan fingerprint density at radius 1 is 1.33 bits per heavy atom. The number of nitrogens with two attached hydrogens (primary N) is 1. The summed E-state index contributed by atoms with van der Waals surface area (Å²) in [6, 6.07) is 6.91. The van der Waals surface area contributed by atoms with Gasteiger partial charge < -0.3 is 15.2 Å². The molecule has 3 heterocycles. The Hall–Kier alpha value is -3.32. The summed E-state index contributed by atoms with van der Waals surface area (Å²) in [5.41, 5.74) is 9.64. The van der Waals surface area contributed by atoms with E-state index in [1.54, 1.807) is 11.8 Å². The van der Waals surface area contributed by atoms with Crippen LogP contribution in [0.4, 0.5) is 5.00 Å². The molecule has 0 amide bonds. The van der Waals surface area contributed by atoms with Crippen molar-refractivity contribution < 1.29 is 14.3 Å². The largest absolute Gasteiger partial charge is 0.465 e. The fourth-order valence-electron chi connectivity index (χ4n) is 4.15. The molecule has 2 aromatic rings. The number of thiophene rings is 1. The first-order valence-corrected chi connectivity index (χ1v) is 12.6. The number of aryl methyl sites for hydroxylation is 1. The second-order valence-corrected chi connectivity index (χ2v) is 10.7. The standard InChI is InChI=1S/C27H31N5O3S/c1-16-17(2)36-26-23(16)24(20-9-7-19(8-10-20)6-5-11-28)31-21(25(30)32(26)18(3)29)12-22(33)35-15-27(4)13-34-14-27/h7-10,21,29-30H,11-15,28H2,1-4H3/t21-/m0/s1. The summed E-state index contributed by atoms with van der Waals surface area (Å²) in [6.07, 6.45) is -0.0872. The summed E-state index contributed by atoms with van der Waals surface area (Å²) in [4.78, 5) is 20.5. The van der Waals surface area contributed by atoms with Crippen LogP contribution in [0.3, 0.4) is 0 Å². The second kappa shape index (κ2) is 10.3. The molecule has 0 radical (unpaired) electrons. The highest BCUT2D eigenvalue weighted by Gasteiger charge is 2.37. The van der Waals surface area contributed by atoms with Crippen molar-refractivity contribution in [3.8, 4) is 11.8 Å². The van der Waals surface area contributed by atoms with Crippen molar-refractivity contribution in [3.63, 3.8) is 0 Å². The molecule has 9 heteroatoms. The molecule has 4 N–H and O–H groups in total. The van der Waals surface area contributed by atoms with Gasteiger partial charge in [-0.25, -0.2) is 0 Å². The van der Waals surface area contributed by atoms with Crippen molar-refractivity contribution in [2.45, 2.75) is 40.2 Å². The average Bonchev–Trinajstić information content (AvgIpc) is 3.04. The third-order valence-electron chi connectivity index (χ3n) is 6.32. The van der Waals surface area contributed by atoms with Gasteiger partial charge in [0.25, 0.3) is 0 Å². The molecule has 8 nitrogen and oxygen atoms in total. The quantitative estimate of drug-likeness (QED) is 0.248. The van der Waals surface area contributed by atoms with Crippen LogP contribution in [0.1, 0.15) is 47.4 Å². The van der Waals surface area contributed by atoms with E-state index < -0.39 is 12.0 Å². The first-order chi connectivity index (χ1) is 17.1. The van der Waals surface area contributed by atoms with Gasteiger partial charge in [-0.05, 0) is 38.5 Å². The van der Waals surface area contributed by atoms with Gasteiger partial charge in [0.2, 0.25) is 0 Å². The fraction of sp³-hybridized carbons (Fsp3) is 0.407. The Bertz CT molecular complexity index is 1300. The number of anilines is 1. The Kier molecular flexibility index (Phi) is 7.41. The van der Waals surface area contributed by atoms with Gasteiger partial charge in [0.15, 0.2) is 0 Å². The number of fused-ring (bicyclic) bond motifs is 1. The lowest BCUT2D eigenvalue weighted by Crippen LogP contribution is -2.44. The molecule has 0 unspecified atom stereocenters. The van der Waals surface area contributed by atoms with E-state index in [4.69, 9.17) is 31.0 Å². The van der Waals surface area contributed by atoms with Crippen molar-refractivity contribution in [2.24, 2.45) is 16.1 Å². The van der Waals surface area contributed by atoms with Crippen LogP contribution in [0, 0.1) is 41.9 Å². The van der Waals surface area contributed by atoms with Gasteiger partial charge in [0.1, 0.15) is 29.3 Å². The number of aliphatic imine (C=N–C) groups is 1. The van der Waals surface area contributed by atoms with Crippen LogP contribution in [0.2, 0.25) is 0 Å². The van der Waals surface area contributed by atoms with E-state index in [-0.39, 0.29) is 36.7 Å². The van der Waals surface area contributed by atoms with E-state index in [2.05, 4.69) is 11.8 Å². The highest BCUT2D eigenvalue weighted by molar-refractivity contribution is 7.17. The molecular weight excluding hydrogens is 474 g/mol. The number of hydrogen-bond acceptors (Lipinski definition) is 8. The number of esters is 1. The minimum Gasteiger partial charge on any atom is -0.465 e. The molecule has 0 aliphatic carbocycles. The minimum absolute atomic E-state index is 0.0839. The Balaban J connectivity index is 1.74. The zero-order valence-corrected chi connectivity index (χ0v) is 21.8. The molecule has 188 valence electrons. The molecular formula is C27H31N5O3S. The summed E-state index contributed by atoms with van der Waals surface area (Å²) >= 11 is 1.53. The average molecular weight is 506 g/mol. The SMILES string of the molecule is CC(=N)N1C(=N)[C@H](CC(=O)OCC2(C)COC2)N=C(c2ccc(C#CCN)cc2)c2c1sc(C)c2C. The van der Waals surface area contributed by atoms with E-state index in [0.29, 0.717) is 18.9 Å². The summed E-state index contributed by atoms with van der Waals surface area (Å²) in [7, 11) is 0. The molecule has 36 heavy (non-hydrogen) atoms. The van der Waals surface area contributed by atoms with E-state index in [1.807, 2.05) is 45.0 Å². The summed E-state index contributed by atoms with van der Waals surface area (Å²) < 4.78 is 10.8. The van der Waals surface area contributed by atoms with Crippen LogP contribution in [0.25, 0.3) is 0 Å². The number of carbonyl (C=O) groups is 1. The maximum atomic E-state index is 12.8. The van der Waals surface area contributed by atoms with Crippen LogP contribution in [0.5, 0.6) is 0 Å². The third kappa shape index (κ3) is 5.12. The molecule has 2 aliphatic rings. The van der Waals surface area contributed by atoms with Crippen molar-refractivity contribution in [3.05, 3.63) is 51.4 Å². The number of hydrogen-bond donors (Lipinski definition) is 3. The van der Waals surface area contributed by atoms with Gasteiger partial charge in [0.05, 0.1) is 31.9 Å². The molecule has 0 saturated carbocycles. The molecule has 1 atom stereocenters. The number of benzene rings is 1. The number of amidine groups is 2. The number of rotatable bonds is 5. The normalized spacial score (nSPS) is 18.2. The number of nitrogens with one attached hydrogen (secondary N) is 2. The van der Waals surface area contributed by atoms with Crippen molar-refractivity contribution in [1.82, 2.24) is 0 Å². The minimum atomic E-state index is -0.797. The molecule has 0 bridgehead atoms. The van der Waals surface area contributed by atoms with E-state index >= 15 is 0 Å². The Morgan fingerprint density at radius 2 is 2.03 bits per heavy atom. The molecule has 0 spiro atoms. The predicted octanol–water partition coefficient (Wildman–Crippen LogP) is 3.65. The number of ether oxygens (including phenoxy) is 2. The molecule has 1 fully saturated rings. The fourth-order valence-corrected chi connectivity index (χ4v) is 5.37. The highest BCUT2D eigenvalue weighted by atomic mass is 32.1. The topological polar surface area (TPSA) is 125 Å². The van der Waals surface area contributed by atoms with E-state index in [1.165, 1.54) is 11.3 Å². The zero-order chi connectivity index (χ0) is 26.0. The molecule has 2 aliphatic heterocycles. The summed E-state index contributed by atoms with van der Waals surface area (Å²) in [5, 5.41) is 18.2. The van der Waals surface area contributed by atoms with Gasteiger partial charge in [-0.2, -0.15) is 0 Å². The van der Waals surface area contributed by atoms with Crippen LogP contribution in [0.15, 0.2) is 29.3 Å². The number of carbonyl (C=O) groups excluding carboxylic acids is 1. The number of nitrogens with zero attached hydrogens (tertiary/aromatic N) is 2. The lowest BCUT2D eigenvalue weighted by Gasteiger charge is -2.37. The molecule has 1 aromatic heterocycles. The molecule has 1 saturated heterocycles. The second-order valence-electron chi connectivity index (χ2n) is 9.51. The third-order valence-corrected chi connectivity index (χ3v) is 7.51. The van der Waals surface area contributed by atoms with Crippen molar-refractivity contribution in [1.29, 1.82) is 10.8 Å². The van der Waals surface area contributed by atoms with Crippen LogP contribution in [-0.4, -0.2) is 55.8 Å². The van der Waals surface area contributed by atoms with Crippen LogP contribution >= 0.6 is 11.3 Å². The van der Waals surface area contributed by atoms with Crippen molar-refractivity contribution >= 4 is 39.7 Å². The van der Waals surface area contributed by atoms with Crippen molar-refractivity contribution in [2.75, 3.05) is 31.3 Å². The Labute approximate surface area is 215 Å². The zero-order valence-electron chi connectivity index (χ0n) is 21.0. The lowest BCUT2D eigenvalue weighted by atomic mass is 9.90. The smallest absolute Gasteiger partial charge is 0.308 e. The first-order valence-electron chi connectivity index (χ1n) is 11.8. The maximum Gasteiger partial charge on any atom is 0.308 e. The molecule has 1 aromatic carbocycles.